The standard InChI is InChI=1S/C19H29N3O.HI/c1-15(2)12-21-19(20-10-9-18-8-5-11-23-18)22-13-16-6-3-4-7-17(16)14-22;/h5,8,11,16-17H,1,3-4,6-7,9-10,12-14H2,2H3,(H,20,21);1H. The van der Waals surface area contributed by atoms with Gasteiger partial charge in [0.25, 0.3) is 0 Å². The Morgan fingerprint density at radius 3 is 2.62 bits per heavy atom. The Morgan fingerprint density at radius 2 is 2.04 bits per heavy atom. The number of nitrogens with zero attached hydrogens (tertiary/aromatic N) is 2. The van der Waals surface area contributed by atoms with Crippen LogP contribution in [0.2, 0.25) is 0 Å². The molecule has 2 atom stereocenters. The van der Waals surface area contributed by atoms with Gasteiger partial charge in [-0.05, 0) is 43.7 Å². The fourth-order valence-electron chi connectivity index (χ4n) is 3.81. The molecule has 1 saturated carbocycles. The van der Waals surface area contributed by atoms with Crippen LogP contribution >= 0.6 is 24.0 Å². The summed E-state index contributed by atoms with van der Waals surface area (Å²) in [6.45, 7) is 9.89. The molecule has 2 heterocycles. The molecule has 0 spiro atoms. The van der Waals surface area contributed by atoms with E-state index in [-0.39, 0.29) is 24.0 Å². The van der Waals surface area contributed by atoms with Gasteiger partial charge in [0.1, 0.15) is 5.76 Å². The number of furan rings is 1. The maximum absolute atomic E-state index is 5.41. The Balaban J connectivity index is 0.00000208. The molecule has 1 aromatic rings. The molecule has 2 aliphatic rings. The van der Waals surface area contributed by atoms with Gasteiger partial charge in [0.05, 0.1) is 12.8 Å². The summed E-state index contributed by atoms with van der Waals surface area (Å²) in [5.74, 6) is 3.80. The van der Waals surface area contributed by atoms with Crippen molar-refractivity contribution >= 4 is 29.9 Å². The van der Waals surface area contributed by atoms with E-state index >= 15 is 0 Å². The SMILES string of the molecule is C=C(C)CN=C(NCCc1ccco1)N1CC2CCCCC2C1.I. The molecule has 0 radical (unpaired) electrons. The molecule has 24 heavy (non-hydrogen) atoms. The number of fused-ring (bicyclic) bond motifs is 1. The second-order valence-corrected chi connectivity index (χ2v) is 7.06. The summed E-state index contributed by atoms with van der Waals surface area (Å²) < 4.78 is 5.41. The lowest BCUT2D eigenvalue weighted by Gasteiger charge is -2.22. The summed E-state index contributed by atoms with van der Waals surface area (Å²) in [5, 5.41) is 3.54. The molecule has 1 N–H and O–H groups in total. The number of rotatable bonds is 5. The van der Waals surface area contributed by atoms with Crippen molar-refractivity contribution in [3.63, 3.8) is 0 Å². The zero-order valence-electron chi connectivity index (χ0n) is 14.7. The highest BCUT2D eigenvalue weighted by Gasteiger charge is 2.35. The fraction of sp³-hybridized carbons (Fsp3) is 0.632. The molecule has 3 rings (SSSR count). The molecule has 1 aliphatic heterocycles. The first kappa shape index (κ1) is 19.3. The second kappa shape index (κ2) is 9.49. The molecule has 0 amide bonds. The van der Waals surface area contributed by atoms with E-state index in [9.17, 15) is 0 Å². The predicted molar refractivity (Wildman–Crippen MR) is 110 cm³/mol. The number of nitrogens with one attached hydrogen (secondary N) is 1. The molecule has 2 fully saturated rings. The number of hydrogen-bond acceptors (Lipinski definition) is 2. The smallest absolute Gasteiger partial charge is 0.194 e. The Bertz CT molecular complexity index is 527. The van der Waals surface area contributed by atoms with Gasteiger partial charge in [0, 0.05) is 26.1 Å². The summed E-state index contributed by atoms with van der Waals surface area (Å²) in [6, 6.07) is 3.97. The molecule has 2 unspecified atom stereocenters. The van der Waals surface area contributed by atoms with Gasteiger partial charge in [0.2, 0.25) is 0 Å². The Morgan fingerprint density at radius 1 is 1.33 bits per heavy atom. The third-order valence-electron chi connectivity index (χ3n) is 5.01. The third kappa shape index (κ3) is 5.26. The zero-order valence-corrected chi connectivity index (χ0v) is 17.0. The summed E-state index contributed by atoms with van der Waals surface area (Å²) >= 11 is 0. The highest BCUT2D eigenvalue weighted by molar-refractivity contribution is 14.0. The molecule has 0 aromatic carbocycles. The first-order valence-corrected chi connectivity index (χ1v) is 8.92. The first-order valence-electron chi connectivity index (χ1n) is 8.92. The largest absolute Gasteiger partial charge is 0.469 e. The normalized spacial score (nSPS) is 23.5. The van der Waals surface area contributed by atoms with E-state index in [0.29, 0.717) is 6.54 Å². The number of halogens is 1. The van der Waals surface area contributed by atoms with E-state index in [1.54, 1.807) is 6.26 Å². The summed E-state index contributed by atoms with van der Waals surface area (Å²) in [5.41, 5.74) is 1.10. The van der Waals surface area contributed by atoms with Crippen molar-refractivity contribution in [3.8, 4) is 0 Å². The summed E-state index contributed by atoms with van der Waals surface area (Å²) in [4.78, 5) is 7.25. The van der Waals surface area contributed by atoms with E-state index in [1.165, 1.54) is 25.7 Å². The molecule has 1 aromatic heterocycles. The maximum atomic E-state index is 5.41. The molecule has 0 bridgehead atoms. The Labute approximate surface area is 162 Å². The zero-order chi connectivity index (χ0) is 16.1. The number of guanidine groups is 1. The maximum Gasteiger partial charge on any atom is 0.194 e. The van der Waals surface area contributed by atoms with Gasteiger partial charge in [-0.3, -0.25) is 0 Å². The minimum atomic E-state index is 0. The first-order chi connectivity index (χ1) is 11.2. The average molecular weight is 443 g/mol. The Hall–Kier alpha value is -0.980. The second-order valence-electron chi connectivity index (χ2n) is 7.06. The lowest BCUT2D eigenvalue weighted by molar-refractivity contribution is 0.299. The molecule has 4 nitrogen and oxygen atoms in total. The lowest BCUT2D eigenvalue weighted by atomic mass is 9.82. The number of likely N-dealkylation sites (tertiary alicyclic amines) is 1. The van der Waals surface area contributed by atoms with E-state index in [2.05, 4.69) is 16.8 Å². The van der Waals surface area contributed by atoms with Gasteiger partial charge in [-0.25, -0.2) is 4.99 Å². The van der Waals surface area contributed by atoms with Crippen LogP contribution in [0.3, 0.4) is 0 Å². The monoisotopic (exact) mass is 443 g/mol. The van der Waals surface area contributed by atoms with Crippen LogP contribution in [0.1, 0.15) is 38.4 Å². The van der Waals surface area contributed by atoms with Gasteiger partial charge in [-0.2, -0.15) is 0 Å². The van der Waals surface area contributed by atoms with Crippen molar-refractivity contribution in [2.75, 3.05) is 26.2 Å². The fourth-order valence-corrected chi connectivity index (χ4v) is 3.81. The van der Waals surface area contributed by atoms with E-state index in [0.717, 1.165) is 55.2 Å². The van der Waals surface area contributed by atoms with Crippen LogP contribution in [0.5, 0.6) is 0 Å². The predicted octanol–water partition coefficient (Wildman–Crippen LogP) is 4.08. The molecular weight excluding hydrogens is 413 g/mol. The highest BCUT2D eigenvalue weighted by atomic mass is 127. The molecular formula is C19H30IN3O. The molecule has 1 aliphatic carbocycles. The van der Waals surface area contributed by atoms with Crippen LogP contribution in [-0.4, -0.2) is 37.0 Å². The van der Waals surface area contributed by atoms with Gasteiger partial charge in [-0.1, -0.05) is 25.0 Å². The van der Waals surface area contributed by atoms with Crippen molar-refractivity contribution in [2.24, 2.45) is 16.8 Å². The molecule has 134 valence electrons. The highest BCUT2D eigenvalue weighted by Crippen LogP contribution is 2.35. The van der Waals surface area contributed by atoms with Crippen LogP contribution < -0.4 is 5.32 Å². The molecule has 1 saturated heterocycles. The van der Waals surface area contributed by atoms with Crippen molar-refractivity contribution in [3.05, 3.63) is 36.3 Å². The van der Waals surface area contributed by atoms with Gasteiger partial charge in [-0.15, -0.1) is 24.0 Å². The van der Waals surface area contributed by atoms with Crippen LogP contribution in [0.4, 0.5) is 0 Å². The third-order valence-corrected chi connectivity index (χ3v) is 5.01. The van der Waals surface area contributed by atoms with Gasteiger partial charge < -0.3 is 14.6 Å². The quantitative estimate of drug-likeness (QED) is 0.323. The topological polar surface area (TPSA) is 40.8 Å². The van der Waals surface area contributed by atoms with Crippen LogP contribution in [0.25, 0.3) is 0 Å². The van der Waals surface area contributed by atoms with Crippen molar-refractivity contribution in [1.29, 1.82) is 0 Å². The van der Waals surface area contributed by atoms with E-state index < -0.39 is 0 Å². The van der Waals surface area contributed by atoms with Crippen LogP contribution in [0.15, 0.2) is 40.0 Å². The van der Waals surface area contributed by atoms with Crippen molar-refractivity contribution < 1.29 is 4.42 Å². The van der Waals surface area contributed by atoms with Crippen molar-refractivity contribution in [2.45, 2.75) is 39.0 Å². The number of hydrogen-bond donors (Lipinski definition) is 1. The number of aliphatic imine (C=N–C) groups is 1. The van der Waals surface area contributed by atoms with Crippen molar-refractivity contribution in [1.82, 2.24) is 10.2 Å². The lowest BCUT2D eigenvalue weighted by Crippen LogP contribution is -2.41. The molecule has 5 heteroatoms. The minimum absolute atomic E-state index is 0. The van der Waals surface area contributed by atoms with Crippen LogP contribution in [0, 0.1) is 11.8 Å². The van der Waals surface area contributed by atoms with Crippen LogP contribution in [-0.2, 0) is 6.42 Å². The summed E-state index contributed by atoms with van der Waals surface area (Å²) in [7, 11) is 0. The minimum Gasteiger partial charge on any atom is -0.469 e. The summed E-state index contributed by atoms with van der Waals surface area (Å²) in [6.07, 6.45) is 8.21. The Kier molecular flexibility index (Phi) is 7.65. The van der Waals surface area contributed by atoms with E-state index in [1.807, 2.05) is 19.1 Å². The van der Waals surface area contributed by atoms with E-state index in [4.69, 9.17) is 9.41 Å². The average Bonchev–Trinajstić information content (AvgIpc) is 3.19. The van der Waals surface area contributed by atoms with Gasteiger partial charge >= 0.3 is 0 Å². The van der Waals surface area contributed by atoms with Gasteiger partial charge in [0.15, 0.2) is 5.96 Å².